The zero-order valence-corrected chi connectivity index (χ0v) is 16.6. The maximum Gasteiger partial charge on any atom is 0.269 e. The molecule has 0 saturated carbocycles. The minimum absolute atomic E-state index is 0.260. The van der Waals surface area contributed by atoms with E-state index in [1.54, 1.807) is 24.7 Å². The molecule has 0 radical (unpaired) electrons. The fraction of sp³-hybridized carbons (Fsp3) is 0.130. The molecule has 0 fully saturated rings. The van der Waals surface area contributed by atoms with Gasteiger partial charge in [-0.2, -0.15) is 5.10 Å². The topological polar surface area (TPSA) is 85.2 Å². The Morgan fingerprint density at radius 1 is 1.00 bits per heavy atom. The number of anilines is 2. The maximum absolute atomic E-state index is 12.8. The second-order valence-corrected chi connectivity index (χ2v) is 7.13. The highest BCUT2D eigenvalue weighted by molar-refractivity contribution is 5.94. The number of hydrogen-bond donors (Lipinski definition) is 1. The van der Waals surface area contributed by atoms with Gasteiger partial charge in [-0.25, -0.2) is 14.6 Å². The van der Waals surface area contributed by atoms with E-state index in [9.17, 15) is 4.79 Å². The molecule has 0 spiro atoms. The van der Waals surface area contributed by atoms with Crippen LogP contribution in [-0.4, -0.2) is 38.3 Å². The van der Waals surface area contributed by atoms with Gasteiger partial charge in [0.15, 0.2) is 6.10 Å². The normalized spacial score (nSPS) is 15.1. The molecule has 2 aromatic carbocycles. The van der Waals surface area contributed by atoms with E-state index in [0.717, 1.165) is 16.9 Å². The monoisotopic (exact) mass is 412 g/mol. The predicted octanol–water partition coefficient (Wildman–Crippen LogP) is 3.07. The summed E-state index contributed by atoms with van der Waals surface area (Å²) in [5, 5.41) is 6.99. The van der Waals surface area contributed by atoms with E-state index in [-0.39, 0.29) is 11.9 Å². The van der Waals surface area contributed by atoms with Crippen LogP contribution >= 0.6 is 0 Å². The summed E-state index contributed by atoms with van der Waals surface area (Å²) in [6.45, 7) is 1.06. The molecule has 1 aliphatic heterocycles. The van der Waals surface area contributed by atoms with Gasteiger partial charge in [-0.1, -0.05) is 24.3 Å². The fourth-order valence-electron chi connectivity index (χ4n) is 3.54. The number of ether oxygens (including phenoxy) is 1. The lowest BCUT2D eigenvalue weighted by molar-refractivity contribution is -0.122. The molecule has 1 N–H and O–H groups in total. The van der Waals surface area contributed by atoms with Crippen LogP contribution in [0.2, 0.25) is 0 Å². The third kappa shape index (κ3) is 4.09. The second kappa shape index (κ2) is 8.27. The van der Waals surface area contributed by atoms with Crippen molar-refractivity contribution < 1.29 is 9.53 Å². The van der Waals surface area contributed by atoms with E-state index in [0.29, 0.717) is 18.8 Å². The van der Waals surface area contributed by atoms with Crippen molar-refractivity contribution in [3.05, 3.63) is 91.0 Å². The molecule has 8 nitrogen and oxygen atoms in total. The lowest BCUT2D eigenvalue weighted by atomic mass is 10.1. The van der Waals surface area contributed by atoms with Gasteiger partial charge in [-0.15, -0.1) is 0 Å². The molecule has 0 bridgehead atoms. The molecular weight excluding hydrogens is 392 g/mol. The first-order chi connectivity index (χ1) is 15.3. The predicted molar refractivity (Wildman–Crippen MR) is 116 cm³/mol. The smallest absolute Gasteiger partial charge is 0.269 e. The Morgan fingerprint density at radius 2 is 1.81 bits per heavy atom. The Balaban J connectivity index is 1.35. The number of nitrogens with one attached hydrogen (secondary N) is 1. The van der Waals surface area contributed by atoms with E-state index >= 15 is 0 Å². The van der Waals surface area contributed by atoms with Crippen LogP contribution in [0.5, 0.6) is 5.75 Å². The average Bonchev–Trinajstić information content (AvgIpc) is 3.35. The Bertz CT molecular complexity index is 1160. The highest BCUT2D eigenvalue weighted by atomic mass is 16.5. The summed E-state index contributed by atoms with van der Waals surface area (Å²) in [5.74, 6) is 0.659. The Hall–Kier alpha value is -4.20. The van der Waals surface area contributed by atoms with Gasteiger partial charge < -0.3 is 9.64 Å². The van der Waals surface area contributed by atoms with Gasteiger partial charge in [-0.3, -0.25) is 10.1 Å². The molecule has 1 amide bonds. The minimum atomic E-state index is -0.679. The molecule has 1 atom stereocenters. The molecule has 0 aliphatic carbocycles. The average molecular weight is 412 g/mol. The Kier molecular flexibility index (Phi) is 5.02. The number of benzene rings is 2. The van der Waals surface area contributed by atoms with Crippen LogP contribution in [0.4, 0.5) is 11.6 Å². The van der Waals surface area contributed by atoms with Gasteiger partial charge in [0.25, 0.3) is 5.91 Å². The number of rotatable bonds is 5. The highest BCUT2D eigenvalue weighted by Gasteiger charge is 2.31. The van der Waals surface area contributed by atoms with Crippen molar-refractivity contribution in [1.29, 1.82) is 0 Å². The zero-order valence-electron chi connectivity index (χ0n) is 16.6. The zero-order chi connectivity index (χ0) is 21.0. The van der Waals surface area contributed by atoms with Gasteiger partial charge in [0.2, 0.25) is 5.95 Å². The SMILES string of the molecule is O=C(Nc1ncccn1)C1CN(Cc2ccc(-n3cccn3)cc2)c2ccccc2O1. The molecule has 154 valence electrons. The third-order valence-electron chi connectivity index (χ3n) is 5.03. The number of amides is 1. The van der Waals surface area contributed by atoms with Gasteiger partial charge in [0, 0.05) is 31.3 Å². The van der Waals surface area contributed by atoms with Crippen molar-refractivity contribution in [2.24, 2.45) is 0 Å². The molecule has 0 saturated heterocycles. The second-order valence-electron chi connectivity index (χ2n) is 7.13. The van der Waals surface area contributed by atoms with Crippen molar-refractivity contribution in [3.8, 4) is 11.4 Å². The number of hydrogen-bond acceptors (Lipinski definition) is 6. The first-order valence-corrected chi connectivity index (χ1v) is 9.94. The summed E-state index contributed by atoms with van der Waals surface area (Å²) in [6.07, 6.45) is 6.15. The number of carbonyl (C=O) groups excluding carboxylic acids is 1. The van der Waals surface area contributed by atoms with Gasteiger partial charge >= 0.3 is 0 Å². The van der Waals surface area contributed by atoms with Gasteiger partial charge in [0.1, 0.15) is 5.75 Å². The first kappa shape index (κ1) is 18.8. The lowest BCUT2D eigenvalue weighted by Crippen LogP contribution is -2.46. The minimum Gasteiger partial charge on any atom is -0.477 e. The summed E-state index contributed by atoms with van der Waals surface area (Å²) in [5.41, 5.74) is 3.08. The van der Waals surface area contributed by atoms with Crippen molar-refractivity contribution in [1.82, 2.24) is 19.7 Å². The summed E-state index contributed by atoms with van der Waals surface area (Å²) < 4.78 is 7.80. The Morgan fingerprint density at radius 3 is 2.58 bits per heavy atom. The fourth-order valence-corrected chi connectivity index (χ4v) is 3.54. The van der Waals surface area contributed by atoms with Crippen molar-refractivity contribution in [2.45, 2.75) is 12.6 Å². The van der Waals surface area contributed by atoms with Crippen molar-refractivity contribution in [3.63, 3.8) is 0 Å². The van der Waals surface area contributed by atoms with Crippen LogP contribution in [0.1, 0.15) is 5.56 Å². The molecular formula is C23H20N6O2. The molecule has 31 heavy (non-hydrogen) atoms. The summed E-state index contributed by atoms with van der Waals surface area (Å²) in [7, 11) is 0. The van der Waals surface area contributed by atoms with Crippen LogP contribution in [-0.2, 0) is 11.3 Å². The molecule has 3 heterocycles. The molecule has 8 heteroatoms. The lowest BCUT2D eigenvalue weighted by Gasteiger charge is -2.35. The van der Waals surface area contributed by atoms with E-state index in [4.69, 9.17) is 4.74 Å². The summed E-state index contributed by atoms with van der Waals surface area (Å²) >= 11 is 0. The van der Waals surface area contributed by atoms with Crippen LogP contribution in [0.15, 0.2) is 85.5 Å². The van der Waals surface area contributed by atoms with E-state index in [1.165, 1.54) is 0 Å². The number of nitrogens with zero attached hydrogens (tertiary/aromatic N) is 5. The van der Waals surface area contributed by atoms with Crippen molar-refractivity contribution >= 4 is 17.5 Å². The van der Waals surface area contributed by atoms with Crippen LogP contribution in [0.3, 0.4) is 0 Å². The summed E-state index contributed by atoms with van der Waals surface area (Å²) in [6, 6.07) is 19.5. The number of aromatic nitrogens is 4. The van der Waals surface area contributed by atoms with Crippen LogP contribution < -0.4 is 15.0 Å². The quantitative estimate of drug-likeness (QED) is 0.542. The van der Waals surface area contributed by atoms with Crippen molar-refractivity contribution in [2.75, 3.05) is 16.8 Å². The van der Waals surface area contributed by atoms with E-state index in [2.05, 4.69) is 37.4 Å². The molecule has 2 aromatic heterocycles. The van der Waals surface area contributed by atoms with Gasteiger partial charge in [0.05, 0.1) is 17.9 Å². The highest BCUT2D eigenvalue weighted by Crippen LogP contribution is 2.34. The van der Waals surface area contributed by atoms with Crippen LogP contribution in [0, 0.1) is 0 Å². The van der Waals surface area contributed by atoms with E-state index in [1.807, 2.05) is 53.3 Å². The molecule has 5 rings (SSSR count). The third-order valence-corrected chi connectivity index (χ3v) is 5.03. The standard InChI is InChI=1S/C23H20N6O2/c30-22(27-23-24-11-3-12-25-23)21-16-28(19-5-1-2-6-20(19)31-21)15-17-7-9-18(10-8-17)29-14-4-13-26-29/h1-14,21H,15-16H2,(H,24,25,27,30). The molecule has 4 aromatic rings. The van der Waals surface area contributed by atoms with E-state index < -0.39 is 6.10 Å². The first-order valence-electron chi connectivity index (χ1n) is 9.94. The number of para-hydroxylation sites is 2. The summed E-state index contributed by atoms with van der Waals surface area (Å²) in [4.78, 5) is 23.1. The molecule has 1 aliphatic rings. The number of fused-ring (bicyclic) bond motifs is 1. The van der Waals surface area contributed by atoms with Crippen LogP contribution in [0.25, 0.3) is 5.69 Å². The number of carbonyl (C=O) groups is 1. The maximum atomic E-state index is 12.8. The van der Waals surface area contributed by atoms with Gasteiger partial charge in [-0.05, 0) is 42.0 Å². The molecule has 1 unspecified atom stereocenters. The largest absolute Gasteiger partial charge is 0.477 e. The Labute approximate surface area is 179 Å².